The second-order valence-corrected chi connectivity index (χ2v) is 6.78. The Hall–Kier alpha value is -2.73. The Morgan fingerprint density at radius 2 is 1.72 bits per heavy atom. The minimum absolute atomic E-state index is 0.201. The number of para-hydroxylation sites is 2. The molecule has 1 atom stereocenters. The molecule has 0 heterocycles. The topological polar surface area (TPSA) is 67.9 Å². The zero-order chi connectivity index (χ0) is 21.2. The van der Waals surface area contributed by atoms with Crippen LogP contribution in [0.15, 0.2) is 48.5 Å². The van der Waals surface area contributed by atoms with Crippen LogP contribution < -0.4 is 14.8 Å². The number of carbonyl (C=O) groups excluding carboxylic acids is 2. The van der Waals surface area contributed by atoms with Crippen molar-refractivity contribution in [2.45, 2.75) is 32.9 Å². The molecule has 0 spiro atoms. The van der Waals surface area contributed by atoms with E-state index in [1.807, 2.05) is 38.1 Å². The van der Waals surface area contributed by atoms with Crippen molar-refractivity contribution in [2.75, 3.05) is 20.3 Å². The highest BCUT2D eigenvalue weighted by Gasteiger charge is 2.29. The van der Waals surface area contributed by atoms with E-state index in [0.717, 1.165) is 5.56 Å². The average Bonchev–Trinajstić information content (AvgIpc) is 2.73. The van der Waals surface area contributed by atoms with Crippen LogP contribution in [-0.4, -0.2) is 43.0 Å². The summed E-state index contributed by atoms with van der Waals surface area (Å²) < 4.78 is 10.9. The van der Waals surface area contributed by atoms with Crippen molar-refractivity contribution >= 4 is 23.4 Å². The van der Waals surface area contributed by atoms with Gasteiger partial charge in [0.25, 0.3) is 5.91 Å². The van der Waals surface area contributed by atoms with Crippen LogP contribution >= 0.6 is 11.6 Å². The van der Waals surface area contributed by atoms with Crippen molar-refractivity contribution in [1.82, 2.24) is 10.2 Å². The van der Waals surface area contributed by atoms with Crippen molar-refractivity contribution in [3.8, 4) is 11.5 Å². The maximum absolute atomic E-state index is 13.1. The number of nitrogens with zero attached hydrogens (tertiary/aromatic N) is 1. The van der Waals surface area contributed by atoms with Crippen LogP contribution in [0.3, 0.4) is 0 Å². The molecule has 0 radical (unpaired) electrons. The Labute approximate surface area is 176 Å². The molecule has 0 aliphatic rings. The van der Waals surface area contributed by atoms with Crippen molar-refractivity contribution < 1.29 is 19.1 Å². The van der Waals surface area contributed by atoms with Gasteiger partial charge >= 0.3 is 0 Å². The van der Waals surface area contributed by atoms with E-state index in [1.165, 1.54) is 12.0 Å². The number of nitrogens with one attached hydrogen (secondary N) is 1. The lowest BCUT2D eigenvalue weighted by Gasteiger charge is -2.30. The fourth-order valence-corrected chi connectivity index (χ4v) is 3.18. The van der Waals surface area contributed by atoms with Crippen LogP contribution in [0.1, 0.15) is 25.8 Å². The van der Waals surface area contributed by atoms with Crippen LogP contribution in [-0.2, 0) is 16.1 Å². The molecule has 0 aliphatic heterocycles. The standard InChI is InChI=1S/C22H27ClN2O4/c1-4-18(22(27)24-5-2)25(14-16-10-6-7-11-17(16)23)21(26)15-29-20-13-9-8-12-19(20)28-3/h6-13,18H,4-5,14-15H2,1-3H3,(H,24,27)/t18-/m0/s1. The average molecular weight is 419 g/mol. The summed E-state index contributed by atoms with van der Waals surface area (Å²) in [6.45, 7) is 4.19. The van der Waals surface area contributed by atoms with E-state index in [0.29, 0.717) is 29.5 Å². The van der Waals surface area contributed by atoms with Crippen LogP contribution in [0.5, 0.6) is 11.5 Å². The van der Waals surface area contributed by atoms with E-state index in [4.69, 9.17) is 21.1 Å². The summed E-state index contributed by atoms with van der Waals surface area (Å²) in [5.41, 5.74) is 0.766. The number of methoxy groups -OCH3 is 1. The SMILES string of the molecule is CCNC(=O)[C@H](CC)N(Cc1ccccc1Cl)C(=O)COc1ccccc1OC. The number of hydrogen-bond donors (Lipinski definition) is 1. The van der Waals surface area contributed by atoms with E-state index < -0.39 is 6.04 Å². The fourth-order valence-electron chi connectivity index (χ4n) is 2.98. The van der Waals surface area contributed by atoms with Gasteiger partial charge in [-0.25, -0.2) is 0 Å². The van der Waals surface area contributed by atoms with Gasteiger partial charge in [0.15, 0.2) is 18.1 Å². The predicted molar refractivity (Wildman–Crippen MR) is 113 cm³/mol. The van der Waals surface area contributed by atoms with Gasteiger partial charge in [0, 0.05) is 18.1 Å². The molecule has 0 fully saturated rings. The molecule has 29 heavy (non-hydrogen) atoms. The van der Waals surface area contributed by atoms with E-state index in [2.05, 4.69) is 5.32 Å². The molecule has 2 rings (SSSR count). The van der Waals surface area contributed by atoms with Crippen molar-refractivity contribution in [2.24, 2.45) is 0 Å². The molecule has 7 heteroatoms. The summed E-state index contributed by atoms with van der Waals surface area (Å²) >= 11 is 6.29. The van der Waals surface area contributed by atoms with Crippen molar-refractivity contribution in [3.05, 3.63) is 59.1 Å². The molecule has 2 aromatic rings. The Bertz CT molecular complexity index is 828. The van der Waals surface area contributed by atoms with Gasteiger partial charge in [-0.15, -0.1) is 0 Å². The minimum atomic E-state index is -0.625. The summed E-state index contributed by atoms with van der Waals surface area (Å²) in [6, 6.07) is 13.8. The minimum Gasteiger partial charge on any atom is -0.493 e. The third kappa shape index (κ3) is 6.12. The largest absolute Gasteiger partial charge is 0.493 e. The highest BCUT2D eigenvalue weighted by atomic mass is 35.5. The van der Waals surface area contributed by atoms with Crippen LogP contribution in [0.25, 0.3) is 0 Å². The smallest absolute Gasteiger partial charge is 0.261 e. The zero-order valence-electron chi connectivity index (χ0n) is 17.0. The van der Waals surface area contributed by atoms with E-state index >= 15 is 0 Å². The molecule has 0 saturated carbocycles. The molecule has 156 valence electrons. The predicted octanol–water partition coefficient (Wildman–Crippen LogP) is 3.67. The van der Waals surface area contributed by atoms with E-state index in [9.17, 15) is 9.59 Å². The summed E-state index contributed by atoms with van der Waals surface area (Å²) in [4.78, 5) is 27.2. The number of benzene rings is 2. The van der Waals surface area contributed by atoms with E-state index in [1.54, 1.807) is 24.3 Å². The van der Waals surface area contributed by atoms with Gasteiger partial charge in [0.2, 0.25) is 5.91 Å². The van der Waals surface area contributed by atoms with Crippen molar-refractivity contribution in [3.63, 3.8) is 0 Å². The van der Waals surface area contributed by atoms with Crippen LogP contribution in [0.2, 0.25) is 5.02 Å². The summed E-state index contributed by atoms with van der Waals surface area (Å²) in [5.74, 6) is 0.488. The lowest BCUT2D eigenvalue weighted by atomic mass is 10.1. The first kappa shape index (κ1) is 22.6. The first-order valence-electron chi connectivity index (χ1n) is 9.58. The lowest BCUT2D eigenvalue weighted by Crippen LogP contribution is -2.50. The first-order chi connectivity index (χ1) is 14.0. The van der Waals surface area contributed by atoms with Gasteiger partial charge < -0.3 is 19.7 Å². The van der Waals surface area contributed by atoms with E-state index in [-0.39, 0.29) is 25.0 Å². The Morgan fingerprint density at radius 1 is 1.07 bits per heavy atom. The molecular weight excluding hydrogens is 392 g/mol. The molecule has 2 aromatic carbocycles. The van der Waals surface area contributed by atoms with Crippen LogP contribution in [0, 0.1) is 0 Å². The summed E-state index contributed by atoms with van der Waals surface area (Å²) in [6.07, 6.45) is 0.469. The number of hydrogen-bond acceptors (Lipinski definition) is 4. The lowest BCUT2D eigenvalue weighted by molar-refractivity contribution is -0.142. The third-order valence-corrected chi connectivity index (χ3v) is 4.82. The molecule has 0 saturated heterocycles. The van der Waals surface area contributed by atoms with Gasteiger partial charge in [-0.2, -0.15) is 0 Å². The number of ether oxygens (including phenoxy) is 2. The third-order valence-electron chi connectivity index (χ3n) is 4.46. The second kappa shape index (κ2) is 11.3. The summed E-state index contributed by atoms with van der Waals surface area (Å²) in [7, 11) is 1.54. The van der Waals surface area contributed by atoms with Gasteiger partial charge in [0.05, 0.1) is 7.11 Å². The van der Waals surface area contributed by atoms with Gasteiger partial charge in [-0.05, 0) is 37.1 Å². The molecular formula is C22H27ClN2O4. The number of likely N-dealkylation sites (N-methyl/N-ethyl adjacent to an activating group) is 1. The molecule has 0 aliphatic carbocycles. The normalized spacial score (nSPS) is 11.4. The highest BCUT2D eigenvalue weighted by Crippen LogP contribution is 2.26. The molecule has 0 aromatic heterocycles. The molecule has 0 bridgehead atoms. The quantitative estimate of drug-likeness (QED) is 0.639. The number of halogens is 1. The zero-order valence-corrected chi connectivity index (χ0v) is 17.7. The van der Waals surface area contributed by atoms with Crippen LogP contribution in [0.4, 0.5) is 0 Å². The Morgan fingerprint density at radius 3 is 2.34 bits per heavy atom. The molecule has 6 nitrogen and oxygen atoms in total. The Balaban J connectivity index is 2.23. The number of rotatable bonds is 10. The van der Waals surface area contributed by atoms with Crippen molar-refractivity contribution in [1.29, 1.82) is 0 Å². The molecule has 1 N–H and O–H groups in total. The van der Waals surface area contributed by atoms with Gasteiger partial charge in [-0.1, -0.05) is 48.9 Å². The highest BCUT2D eigenvalue weighted by molar-refractivity contribution is 6.31. The summed E-state index contributed by atoms with van der Waals surface area (Å²) in [5, 5.41) is 3.34. The monoisotopic (exact) mass is 418 g/mol. The van der Waals surface area contributed by atoms with Gasteiger partial charge in [0.1, 0.15) is 6.04 Å². The second-order valence-electron chi connectivity index (χ2n) is 6.37. The maximum Gasteiger partial charge on any atom is 0.261 e. The number of carbonyl (C=O) groups is 2. The molecule has 0 unspecified atom stereocenters. The first-order valence-corrected chi connectivity index (χ1v) is 9.95. The maximum atomic E-state index is 13.1. The number of amides is 2. The van der Waals surface area contributed by atoms with Gasteiger partial charge in [-0.3, -0.25) is 9.59 Å². The fraction of sp³-hybridized carbons (Fsp3) is 0.364. The Kier molecular flexibility index (Phi) is 8.80. The molecule has 2 amide bonds.